The van der Waals surface area contributed by atoms with Gasteiger partial charge < -0.3 is 0 Å². The van der Waals surface area contributed by atoms with E-state index < -0.39 is 0 Å². The molecular formula is C25H31BrN4S. The Hall–Kier alpha value is -1.63. The predicted molar refractivity (Wildman–Crippen MR) is 134 cm³/mol. The number of aryl methyl sites for hydroxylation is 1. The summed E-state index contributed by atoms with van der Waals surface area (Å²) in [5, 5.41) is 5.04. The van der Waals surface area contributed by atoms with E-state index in [4.69, 9.17) is 10.1 Å². The van der Waals surface area contributed by atoms with E-state index in [1.807, 2.05) is 17.8 Å². The lowest BCUT2D eigenvalue weighted by Crippen LogP contribution is -2.37. The molecule has 1 fully saturated rings. The van der Waals surface area contributed by atoms with Gasteiger partial charge in [-0.1, -0.05) is 65.3 Å². The lowest BCUT2D eigenvalue weighted by Gasteiger charge is -2.33. The van der Waals surface area contributed by atoms with Crippen LogP contribution in [0.15, 0.2) is 59.1 Å². The van der Waals surface area contributed by atoms with Gasteiger partial charge in [0.05, 0.1) is 6.04 Å². The topological polar surface area (TPSA) is 34.0 Å². The Kier molecular flexibility index (Phi) is 8.22. The van der Waals surface area contributed by atoms with Gasteiger partial charge in [0.25, 0.3) is 0 Å². The van der Waals surface area contributed by atoms with Gasteiger partial charge in [-0.25, -0.2) is 9.67 Å². The monoisotopic (exact) mass is 498 g/mol. The fourth-order valence-corrected chi connectivity index (χ4v) is 5.48. The molecule has 0 N–H and O–H groups in total. The van der Waals surface area contributed by atoms with Gasteiger partial charge in [-0.3, -0.25) is 4.90 Å². The average Bonchev–Trinajstić information content (AvgIpc) is 3.22. The first kappa shape index (κ1) is 22.6. The molecule has 1 atom stereocenters. The average molecular weight is 500 g/mol. The number of piperidine rings is 1. The molecule has 0 radical (unpaired) electrons. The van der Waals surface area contributed by atoms with Crippen molar-refractivity contribution in [2.45, 2.75) is 45.2 Å². The van der Waals surface area contributed by atoms with Crippen LogP contribution in [0, 0.1) is 0 Å². The molecule has 164 valence electrons. The van der Waals surface area contributed by atoms with Gasteiger partial charge in [-0.15, -0.1) is 0 Å². The summed E-state index contributed by atoms with van der Waals surface area (Å²) in [6.45, 7) is 5.43. The van der Waals surface area contributed by atoms with Crippen molar-refractivity contribution in [3.63, 3.8) is 0 Å². The first-order valence-corrected chi connectivity index (χ1v) is 13.2. The van der Waals surface area contributed by atoms with Crippen molar-refractivity contribution in [3.05, 3.63) is 70.5 Å². The first-order valence-electron chi connectivity index (χ1n) is 11.3. The standard InChI is InChI=1S/C25H31BrN4S/c1-2-16-31-17-14-24-27-25(22-12-6-7-13-23(22)26)28-30(24)21-11-8-15-29(19-21)18-20-9-4-3-5-10-20/h3-7,9-10,12-13,21H,2,8,11,14-19H2,1H3. The van der Waals surface area contributed by atoms with Crippen LogP contribution in [0.25, 0.3) is 11.4 Å². The molecule has 0 spiro atoms. The molecule has 0 saturated carbocycles. The number of aromatic nitrogens is 3. The van der Waals surface area contributed by atoms with E-state index >= 15 is 0 Å². The van der Waals surface area contributed by atoms with Gasteiger partial charge in [-0.05, 0) is 49.3 Å². The maximum Gasteiger partial charge on any atom is 0.182 e. The van der Waals surface area contributed by atoms with Crippen LogP contribution in [-0.4, -0.2) is 44.3 Å². The minimum Gasteiger partial charge on any atom is -0.297 e. The molecule has 0 amide bonds. The van der Waals surface area contributed by atoms with Crippen LogP contribution < -0.4 is 0 Å². The molecule has 4 rings (SSSR count). The number of nitrogens with zero attached hydrogens (tertiary/aromatic N) is 4. The SMILES string of the molecule is CCCSCCc1nc(-c2ccccc2Br)nn1C1CCCN(Cc2ccccc2)C1. The summed E-state index contributed by atoms with van der Waals surface area (Å²) in [5.41, 5.74) is 2.45. The minimum atomic E-state index is 0.382. The zero-order valence-electron chi connectivity index (χ0n) is 18.2. The Morgan fingerprint density at radius 3 is 2.68 bits per heavy atom. The lowest BCUT2D eigenvalue weighted by molar-refractivity contribution is 0.161. The van der Waals surface area contributed by atoms with Crippen molar-refractivity contribution in [1.82, 2.24) is 19.7 Å². The van der Waals surface area contributed by atoms with Crippen molar-refractivity contribution in [2.75, 3.05) is 24.6 Å². The zero-order valence-corrected chi connectivity index (χ0v) is 20.6. The van der Waals surface area contributed by atoms with E-state index in [-0.39, 0.29) is 0 Å². The highest BCUT2D eigenvalue weighted by Gasteiger charge is 2.25. The third kappa shape index (κ3) is 5.99. The Bertz CT molecular complexity index is 959. The number of rotatable bonds is 9. The quantitative estimate of drug-likeness (QED) is 0.327. The maximum absolute atomic E-state index is 5.04. The van der Waals surface area contributed by atoms with Crippen LogP contribution in [-0.2, 0) is 13.0 Å². The van der Waals surface area contributed by atoms with Gasteiger partial charge >= 0.3 is 0 Å². The van der Waals surface area contributed by atoms with Crippen LogP contribution >= 0.6 is 27.7 Å². The Labute approximate surface area is 198 Å². The molecule has 1 aromatic heterocycles. The van der Waals surface area contributed by atoms with Crippen molar-refractivity contribution in [2.24, 2.45) is 0 Å². The fourth-order valence-electron chi connectivity index (χ4n) is 4.20. The summed E-state index contributed by atoms with van der Waals surface area (Å²) in [6.07, 6.45) is 4.55. The molecule has 2 heterocycles. The van der Waals surface area contributed by atoms with Crippen molar-refractivity contribution < 1.29 is 0 Å². The predicted octanol–water partition coefficient (Wildman–Crippen LogP) is 6.23. The summed E-state index contributed by atoms with van der Waals surface area (Å²) in [7, 11) is 0. The molecule has 3 aromatic rings. The van der Waals surface area contributed by atoms with Crippen molar-refractivity contribution in [3.8, 4) is 11.4 Å². The van der Waals surface area contributed by atoms with Crippen LogP contribution in [0.4, 0.5) is 0 Å². The van der Waals surface area contributed by atoms with E-state index in [1.54, 1.807) is 0 Å². The van der Waals surface area contributed by atoms with Crippen molar-refractivity contribution in [1.29, 1.82) is 0 Å². The van der Waals surface area contributed by atoms with Gasteiger partial charge in [0, 0.05) is 35.3 Å². The number of hydrogen-bond acceptors (Lipinski definition) is 4. The Morgan fingerprint density at radius 2 is 1.87 bits per heavy atom. The third-order valence-electron chi connectivity index (χ3n) is 5.71. The van der Waals surface area contributed by atoms with E-state index in [9.17, 15) is 0 Å². The lowest BCUT2D eigenvalue weighted by atomic mass is 10.0. The number of hydrogen-bond donors (Lipinski definition) is 0. The molecule has 1 saturated heterocycles. The number of halogens is 1. The molecule has 1 unspecified atom stereocenters. The smallest absolute Gasteiger partial charge is 0.182 e. The minimum absolute atomic E-state index is 0.382. The van der Waals surface area contributed by atoms with Crippen LogP contribution in [0.1, 0.15) is 43.6 Å². The maximum atomic E-state index is 5.04. The zero-order chi connectivity index (χ0) is 21.5. The molecule has 2 aromatic carbocycles. The molecule has 4 nitrogen and oxygen atoms in total. The van der Waals surface area contributed by atoms with Gasteiger partial charge in [0.1, 0.15) is 5.82 Å². The highest BCUT2D eigenvalue weighted by atomic mass is 79.9. The summed E-state index contributed by atoms with van der Waals surface area (Å²) < 4.78 is 3.30. The fraction of sp³-hybridized carbons (Fsp3) is 0.440. The molecule has 6 heteroatoms. The summed E-state index contributed by atoms with van der Waals surface area (Å²) in [4.78, 5) is 7.58. The largest absolute Gasteiger partial charge is 0.297 e. The summed E-state index contributed by atoms with van der Waals surface area (Å²) in [5.74, 6) is 4.27. The number of thioether (sulfide) groups is 1. The Morgan fingerprint density at radius 1 is 1.06 bits per heavy atom. The molecule has 1 aliphatic heterocycles. The second-order valence-electron chi connectivity index (χ2n) is 8.16. The van der Waals surface area contributed by atoms with Crippen molar-refractivity contribution >= 4 is 27.7 Å². The van der Waals surface area contributed by atoms with Crippen LogP contribution in [0.5, 0.6) is 0 Å². The van der Waals surface area contributed by atoms with E-state index in [0.29, 0.717) is 6.04 Å². The van der Waals surface area contributed by atoms with Crippen LogP contribution in [0.2, 0.25) is 0 Å². The third-order valence-corrected chi connectivity index (χ3v) is 7.59. The summed E-state index contributed by atoms with van der Waals surface area (Å²) in [6, 6.07) is 19.4. The first-order chi connectivity index (χ1) is 15.2. The second kappa shape index (κ2) is 11.3. The number of benzene rings is 2. The molecule has 0 bridgehead atoms. The van der Waals surface area contributed by atoms with Gasteiger partial charge in [0.2, 0.25) is 0 Å². The number of likely N-dealkylation sites (tertiary alicyclic amines) is 1. The molecular weight excluding hydrogens is 468 g/mol. The molecule has 31 heavy (non-hydrogen) atoms. The highest BCUT2D eigenvalue weighted by molar-refractivity contribution is 9.10. The Balaban J connectivity index is 1.55. The highest BCUT2D eigenvalue weighted by Crippen LogP contribution is 2.29. The second-order valence-corrected chi connectivity index (χ2v) is 10.2. The molecule has 1 aliphatic rings. The molecule has 0 aliphatic carbocycles. The van der Waals surface area contributed by atoms with Gasteiger partial charge in [-0.2, -0.15) is 16.9 Å². The van der Waals surface area contributed by atoms with E-state index in [2.05, 4.69) is 81.0 Å². The van der Waals surface area contributed by atoms with E-state index in [1.165, 1.54) is 30.6 Å². The van der Waals surface area contributed by atoms with E-state index in [0.717, 1.165) is 53.5 Å². The van der Waals surface area contributed by atoms with Crippen LogP contribution in [0.3, 0.4) is 0 Å². The van der Waals surface area contributed by atoms with Gasteiger partial charge in [0.15, 0.2) is 5.82 Å². The summed E-state index contributed by atoms with van der Waals surface area (Å²) >= 11 is 5.69. The normalized spacial score (nSPS) is 17.2.